The van der Waals surface area contributed by atoms with Crippen molar-refractivity contribution in [1.82, 2.24) is 10.3 Å². The van der Waals surface area contributed by atoms with E-state index in [1.165, 1.54) is 0 Å². The maximum atomic E-state index is 12.0. The molecule has 2 aromatic rings. The number of aromatic nitrogens is 2. The van der Waals surface area contributed by atoms with E-state index in [1.54, 1.807) is 24.3 Å². The van der Waals surface area contributed by atoms with Crippen LogP contribution in [0, 0.1) is 10.8 Å². The van der Waals surface area contributed by atoms with Gasteiger partial charge in [0.1, 0.15) is 0 Å². The van der Waals surface area contributed by atoms with Gasteiger partial charge in [-0.3, -0.25) is 10.2 Å². The summed E-state index contributed by atoms with van der Waals surface area (Å²) in [6.07, 6.45) is 0.314. The summed E-state index contributed by atoms with van der Waals surface area (Å²) >= 11 is 5.90. The first-order valence-corrected chi connectivity index (χ1v) is 7.36. The van der Waals surface area contributed by atoms with Crippen molar-refractivity contribution in [3.05, 3.63) is 35.0 Å². The first kappa shape index (κ1) is 17.0. The Bertz CT molecular complexity index is 721. The average molecular weight is 336 g/mol. The summed E-state index contributed by atoms with van der Waals surface area (Å²) in [7, 11) is 0. The van der Waals surface area contributed by atoms with Gasteiger partial charge in [0.05, 0.1) is 0 Å². The zero-order valence-electron chi connectivity index (χ0n) is 13.1. The van der Waals surface area contributed by atoms with Crippen molar-refractivity contribution in [2.75, 3.05) is 10.6 Å². The zero-order chi connectivity index (χ0) is 17.0. The predicted octanol–water partition coefficient (Wildman–Crippen LogP) is 3.54. The summed E-state index contributed by atoms with van der Waals surface area (Å²) in [5.74, 6) is -0.164. The fourth-order valence-electron chi connectivity index (χ4n) is 1.86. The molecule has 0 atom stereocenters. The Labute approximate surface area is 138 Å². The van der Waals surface area contributed by atoms with Crippen LogP contribution in [0.15, 0.2) is 28.9 Å². The zero-order valence-corrected chi connectivity index (χ0v) is 13.9. The lowest BCUT2D eigenvalue weighted by Gasteiger charge is -2.16. The minimum Gasteiger partial charge on any atom is -0.339 e. The molecule has 122 valence electrons. The highest BCUT2D eigenvalue weighted by molar-refractivity contribution is 6.31. The van der Waals surface area contributed by atoms with Crippen LogP contribution in [-0.2, 0) is 4.79 Å². The quantitative estimate of drug-likeness (QED) is 0.585. The summed E-state index contributed by atoms with van der Waals surface area (Å²) in [4.78, 5) is 12.0. The van der Waals surface area contributed by atoms with Crippen molar-refractivity contribution in [3.8, 4) is 0 Å². The monoisotopic (exact) mass is 335 g/mol. The first-order chi connectivity index (χ1) is 10.7. The third kappa shape index (κ3) is 5.07. The van der Waals surface area contributed by atoms with E-state index in [1.807, 2.05) is 20.8 Å². The minimum atomic E-state index is -0.218. The van der Waals surface area contributed by atoms with Crippen molar-refractivity contribution < 1.29 is 9.42 Å². The van der Waals surface area contributed by atoms with Crippen molar-refractivity contribution in [2.24, 2.45) is 5.41 Å². The van der Waals surface area contributed by atoms with Crippen LogP contribution in [0.2, 0.25) is 5.02 Å². The Balaban J connectivity index is 2.08. The van der Waals surface area contributed by atoms with E-state index in [2.05, 4.69) is 25.6 Å². The second kappa shape index (κ2) is 6.78. The maximum absolute atomic E-state index is 12.0. The van der Waals surface area contributed by atoms with Crippen molar-refractivity contribution in [3.63, 3.8) is 0 Å². The van der Waals surface area contributed by atoms with Gasteiger partial charge >= 0.3 is 0 Å². The second-order valence-corrected chi connectivity index (χ2v) is 6.69. The van der Waals surface area contributed by atoms with E-state index in [0.717, 1.165) is 0 Å². The number of amides is 1. The molecule has 1 aromatic heterocycles. The lowest BCUT2D eigenvalue weighted by Crippen LogP contribution is -2.22. The molecule has 1 amide bonds. The Kier molecular flexibility index (Phi) is 5.00. The number of hydrogen-bond donors (Lipinski definition) is 3. The first-order valence-electron chi connectivity index (χ1n) is 6.98. The van der Waals surface area contributed by atoms with E-state index in [-0.39, 0.29) is 28.7 Å². The standard InChI is InChI=1S/C15H18ClN5O2/c1-15(2,3)8-11(22)19-14-12(20-23-21-14)13(17)18-10-6-4-5-9(16)7-10/h4-7H,8H2,1-3H3,(H2,17,18)(H,19,21,22). The molecule has 0 saturated heterocycles. The molecule has 0 unspecified atom stereocenters. The number of halogens is 1. The van der Waals surface area contributed by atoms with E-state index in [4.69, 9.17) is 17.0 Å². The molecule has 2 rings (SSSR count). The molecule has 3 N–H and O–H groups in total. The normalized spacial score (nSPS) is 11.1. The molecule has 0 saturated carbocycles. The molecular weight excluding hydrogens is 318 g/mol. The number of nitrogens with one attached hydrogen (secondary N) is 3. The predicted molar refractivity (Wildman–Crippen MR) is 88.9 cm³/mol. The van der Waals surface area contributed by atoms with Crippen LogP contribution in [-0.4, -0.2) is 22.1 Å². The number of carbonyl (C=O) groups is 1. The lowest BCUT2D eigenvalue weighted by atomic mass is 9.92. The largest absolute Gasteiger partial charge is 0.339 e. The molecule has 0 aliphatic heterocycles. The molecule has 0 bridgehead atoms. The van der Waals surface area contributed by atoms with Crippen LogP contribution in [0.5, 0.6) is 0 Å². The SMILES string of the molecule is CC(C)(C)CC(=O)Nc1nonc1C(=N)Nc1cccc(Cl)c1. The van der Waals surface area contributed by atoms with Gasteiger partial charge in [-0.15, -0.1) is 0 Å². The smallest absolute Gasteiger partial charge is 0.226 e. The summed E-state index contributed by atoms with van der Waals surface area (Å²) in [5.41, 5.74) is 0.582. The number of rotatable bonds is 4. The minimum absolute atomic E-state index is 0.0559. The molecule has 1 heterocycles. The van der Waals surface area contributed by atoms with E-state index in [9.17, 15) is 4.79 Å². The Morgan fingerprint density at radius 2 is 2.04 bits per heavy atom. The summed E-state index contributed by atoms with van der Waals surface area (Å²) in [6, 6.07) is 6.91. The number of amidine groups is 1. The van der Waals surface area contributed by atoms with Crippen molar-refractivity contribution in [1.29, 1.82) is 5.41 Å². The summed E-state index contributed by atoms with van der Waals surface area (Å²) < 4.78 is 4.64. The fourth-order valence-corrected chi connectivity index (χ4v) is 2.05. The number of carbonyl (C=O) groups excluding carboxylic acids is 1. The molecule has 8 heteroatoms. The van der Waals surface area contributed by atoms with Gasteiger partial charge in [-0.2, -0.15) is 0 Å². The van der Waals surface area contributed by atoms with Crippen molar-refractivity contribution in [2.45, 2.75) is 27.2 Å². The Morgan fingerprint density at radius 1 is 1.30 bits per heavy atom. The number of anilines is 2. The summed E-state index contributed by atoms with van der Waals surface area (Å²) in [5, 5.41) is 21.3. The van der Waals surface area contributed by atoms with E-state index < -0.39 is 0 Å². The van der Waals surface area contributed by atoms with Gasteiger partial charge in [0.25, 0.3) is 0 Å². The molecule has 0 radical (unpaired) electrons. The van der Waals surface area contributed by atoms with Crippen LogP contribution >= 0.6 is 11.6 Å². The highest BCUT2D eigenvalue weighted by Crippen LogP contribution is 2.21. The summed E-state index contributed by atoms with van der Waals surface area (Å²) in [6.45, 7) is 5.87. The molecule has 0 fully saturated rings. The molecule has 0 spiro atoms. The third-order valence-electron chi connectivity index (χ3n) is 2.77. The number of nitrogens with zero attached hydrogens (tertiary/aromatic N) is 2. The molecular formula is C15H18ClN5O2. The molecule has 7 nitrogen and oxygen atoms in total. The second-order valence-electron chi connectivity index (χ2n) is 6.26. The van der Waals surface area contributed by atoms with E-state index in [0.29, 0.717) is 17.1 Å². The molecule has 0 aliphatic carbocycles. The lowest BCUT2D eigenvalue weighted by molar-refractivity contribution is -0.117. The number of hydrogen-bond acceptors (Lipinski definition) is 5. The average Bonchev–Trinajstić information content (AvgIpc) is 2.84. The maximum Gasteiger partial charge on any atom is 0.226 e. The van der Waals surface area contributed by atoms with Crippen LogP contribution in [0.1, 0.15) is 32.9 Å². The van der Waals surface area contributed by atoms with Gasteiger partial charge < -0.3 is 10.6 Å². The van der Waals surface area contributed by atoms with Crippen molar-refractivity contribution >= 4 is 34.8 Å². The highest BCUT2D eigenvalue weighted by Gasteiger charge is 2.21. The third-order valence-corrected chi connectivity index (χ3v) is 3.00. The van der Waals surface area contributed by atoms with E-state index >= 15 is 0 Å². The molecule has 0 aliphatic rings. The van der Waals surface area contributed by atoms with Gasteiger partial charge in [0, 0.05) is 17.1 Å². The van der Waals surface area contributed by atoms with Gasteiger partial charge in [-0.1, -0.05) is 38.4 Å². The van der Waals surface area contributed by atoms with Gasteiger partial charge in [0.15, 0.2) is 11.5 Å². The van der Waals surface area contributed by atoms with Gasteiger partial charge in [-0.25, -0.2) is 4.63 Å². The number of benzene rings is 1. The van der Waals surface area contributed by atoms with Crippen LogP contribution in [0.25, 0.3) is 0 Å². The molecule has 1 aromatic carbocycles. The van der Waals surface area contributed by atoms with Crippen LogP contribution < -0.4 is 10.6 Å². The fraction of sp³-hybridized carbons (Fsp3) is 0.333. The van der Waals surface area contributed by atoms with Gasteiger partial charge in [-0.05, 0) is 33.9 Å². The van der Waals surface area contributed by atoms with Gasteiger partial charge in [0.2, 0.25) is 11.7 Å². The van der Waals surface area contributed by atoms with Crippen LogP contribution in [0.4, 0.5) is 11.5 Å². The molecule has 23 heavy (non-hydrogen) atoms. The Morgan fingerprint density at radius 3 is 2.70 bits per heavy atom. The Hall–Kier alpha value is -2.41. The topological polar surface area (TPSA) is 104 Å². The highest BCUT2D eigenvalue weighted by atomic mass is 35.5. The van der Waals surface area contributed by atoms with Crippen LogP contribution in [0.3, 0.4) is 0 Å².